The average Bonchev–Trinajstić information content (AvgIpc) is 3.07. The first kappa shape index (κ1) is 34.6. The summed E-state index contributed by atoms with van der Waals surface area (Å²) in [6, 6.07) is 9.57. The van der Waals surface area contributed by atoms with Gasteiger partial charge in [-0.15, -0.1) is 0 Å². The lowest BCUT2D eigenvalue weighted by molar-refractivity contribution is -0.671. The van der Waals surface area contributed by atoms with Gasteiger partial charge in [0.05, 0.1) is 0 Å². The topological polar surface area (TPSA) is 150 Å². The molecule has 1 aliphatic carbocycles. The van der Waals surface area contributed by atoms with Gasteiger partial charge < -0.3 is 26.6 Å². The number of benzene rings is 1. The molecule has 2 aliphatic rings. The highest BCUT2D eigenvalue weighted by Crippen LogP contribution is 2.27. The molecular formula is C35H50N7O4+. The second-order valence-electron chi connectivity index (χ2n) is 12.6. The lowest BCUT2D eigenvalue weighted by Crippen LogP contribution is -2.58. The molecule has 11 heteroatoms. The Bertz CT molecular complexity index is 1380. The van der Waals surface area contributed by atoms with E-state index in [4.69, 9.17) is 5.73 Å². The highest BCUT2D eigenvalue weighted by molar-refractivity contribution is 6.02. The zero-order valence-corrected chi connectivity index (χ0v) is 27.5. The third kappa shape index (κ3) is 9.37. The summed E-state index contributed by atoms with van der Waals surface area (Å²) in [5.41, 5.74) is 8.33. The number of pyridine rings is 1. The number of aryl methyl sites for hydroxylation is 1. The molecule has 4 rings (SSSR count). The molecule has 2 aromatic rings. The predicted molar refractivity (Wildman–Crippen MR) is 177 cm³/mol. The number of carbonyl (C=O) groups is 4. The number of nitrogens with two attached hydrogens (primary N) is 1. The van der Waals surface area contributed by atoms with Gasteiger partial charge in [-0.2, -0.15) is 0 Å². The van der Waals surface area contributed by atoms with Gasteiger partial charge in [-0.05, 0) is 56.1 Å². The van der Waals surface area contributed by atoms with Crippen LogP contribution in [0.1, 0.15) is 68.1 Å². The number of aromatic nitrogens is 1. The lowest BCUT2D eigenvalue weighted by Gasteiger charge is -2.33. The molecule has 1 saturated heterocycles. The first-order chi connectivity index (χ1) is 22.2. The Kier molecular flexibility index (Phi) is 12.7. The van der Waals surface area contributed by atoms with Crippen molar-refractivity contribution >= 4 is 29.5 Å². The molecule has 4 amide bonds. The lowest BCUT2D eigenvalue weighted by atomic mass is 9.83. The Balaban J connectivity index is 1.57. The van der Waals surface area contributed by atoms with Crippen molar-refractivity contribution in [2.45, 2.75) is 76.3 Å². The van der Waals surface area contributed by atoms with E-state index in [1.807, 2.05) is 60.4 Å². The number of amidine groups is 1. The summed E-state index contributed by atoms with van der Waals surface area (Å²) >= 11 is 0. The van der Waals surface area contributed by atoms with E-state index in [1.165, 1.54) is 0 Å². The van der Waals surface area contributed by atoms with Gasteiger partial charge in [-0.25, -0.2) is 4.57 Å². The van der Waals surface area contributed by atoms with Crippen LogP contribution in [0, 0.1) is 11.8 Å². The van der Waals surface area contributed by atoms with Crippen LogP contribution in [0.4, 0.5) is 0 Å². The highest BCUT2D eigenvalue weighted by atomic mass is 16.2. The number of primary amides is 1. The number of hydrogen-bond donors (Lipinski definition) is 4. The minimum absolute atomic E-state index is 0.112. The van der Waals surface area contributed by atoms with Crippen LogP contribution in [0.2, 0.25) is 0 Å². The predicted octanol–water partition coefficient (Wildman–Crippen LogP) is 1.56. The monoisotopic (exact) mass is 632 g/mol. The standard InChI is InChI=1S/C35H49N7O4/c1-37-32(38-2)27-16-14-24(15-17-27)21-28(35(46)42-19-8-5-9-20-42)33(44)40-30(26-12-6-4-7-13-26)34(45)39-29(31(36)43)22-25-11-10-18-41(3)23-25/h10-11,14-18,23,26,28-30H,4-9,12-13,19-22H2,1-3H3,(H4-,36,37,38,39,40,43,44,45)/p+1. The first-order valence-electron chi connectivity index (χ1n) is 16.6. The highest BCUT2D eigenvalue weighted by Gasteiger charge is 2.38. The molecule has 248 valence electrons. The summed E-state index contributed by atoms with van der Waals surface area (Å²) in [5, 5.41) is 8.92. The maximum Gasteiger partial charge on any atom is 0.243 e. The summed E-state index contributed by atoms with van der Waals surface area (Å²) < 4.78 is 1.87. The molecule has 1 saturated carbocycles. The van der Waals surface area contributed by atoms with Crippen LogP contribution in [-0.4, -0.2) is 73.6 Å². The fraction of sp³-hybridized carbons (Fsp3) is 0.543. The Morgan fingerprint density at radius 2 is 1.59 bits per heavy atom. The van der Waals surface area contributed by atoms with Gasteiger partial charge >= 0.3 is 0 Å². The van der Waals surface area contributed by atoms with Crippen LogP contribution in [0.25, 0.3) is 0 Å². The van der Waals surface area contributed by atoms with E-state index < -0.39 is 35.7 Å². The summed E-state index contributed by atoms with van der Waals surface area (Å²) in [6.07, 6.45) is 11.5. The number of amides is 4. The minimum atomic E-state index is -0.997. The van der Waals surface area contributed by atoms with Crippen LogP contribution >= 0.6 is 0 Å². The van der Waals surface area contributed by atoms with E-state index in [1.54, 1.807) is 19.0 Å². The fourth-order valence-corrected chi connectivity index (χ4v) is 6.66. The van der Waals surface area contributed by atoms with Gasteiger partial charge in [-0.3, -0.25) is 24.2 Å². The summed E-state index contributed by atoms with van der Waals surface area (Å²) in [5.74, 6) is -2.16. The molecule has 46 heavy (non-hydrogen) atoms. The number of carbonyl (C=O) groups excluding carboxylic acids is 4. The van der Waals surface area contributed by atoms with E-state index >= 15 is 0 Å². The number of hydrogen-bond acceptors (Lipinski definition) is 5. The molecule has 3 atom stereocenters. The van der Waals surface area contributed by atoms with Crippen molar-refractivity contribution in [1.82, 2.24) is 20.9 Å². The number of piperidine rings is 1. The van der Waals surface area contributed by atoms with Crippen molar-refractivity contribution in [1.29, 1.82) is 0 Å². The van der Waals surface area contributed by atoms with Gasteiger partial charge in [0, 0.05) is 50.8 Å². The normalized spacial score (nSPS) is 17.8. The second kappa shape index (κ2) is 16.9. The summed E-state index contributed by atoms with van der Waals surface area (Å²) in [6.45, 7) is 1.23. The molecule has 5 N–H and O–H groups in total. The number of aliphatic imine (C=N–C) groups is 1. The van der Waals surface area contributed by atoms with Gasteiger partial charge in [-0.1, -0.05) is 43.5 Å². The second-order valence-corrected chi connectivity index (χ2v) is 12.6. The van der Waals surface area contributed by atoms with Crippen molar-refractivity contribution < 1.29 is 23.7 Å². The fourth-order valence-electron chi connectivity index (χ4n) is 6.66. The molecule has 2 fully saturated rings. The van der Waals surface area contributed by atoms with E-state index in [9.17, 15) is 19.2 Å². The van der Waals surface area contributed by atoms with Crippen molar-refractivity contribution in [3.8, 4) is 0 Å². The van der Waals surface area contributed by atoms with E-state index in [0.717, 1.165) is 73.9 Å². The Labute approximate surface area is 272 Å². The molecule has 1 aromatic heterocycles. The van der Waals surface area contributed by atoms with E-state index in [0.29, 0.717) is 13.1 Å². The van der Waals surface area contributed by atoms with Gasteiger partial charge in [0.25, 0.3) is 0 Å². The zero-order valence-electron chi connectivity index (χ0n) is 27.5. The largest absolute Gasteiger partial charge is 0.373 e. The van der Waals surface area contributed by atoms with Crippen LogP contribution in [0.15, 0.2) is 53.8 Å². The SMILES string of the molecule is CN=C(NC)c1ccc(CC(C(=O)NC(C(=O)NC(Cc2ccc[n+](C)c2)C(N)=O)C2CCCCC2)C(=O)N2CCCCC2)cc1. The van der Waals surface area contributed by atoms with Crippen LogP contribution in [-0.2, 0) is 39.1 Å². The van der Waals surface area contributed by atoms with Gasteiger partial charge in [0.1, 0.15) is 30.9 Å². The molecule has 0 bridgehead atoms. The van der Waals surface area contributed by atoms with Crippen LogP contribution in [0.5, 0.6) is 0 Å². The molecule has 11 nitrogen and oxygen atoms in total. The zero-order chi connectivity index (χ0) is 33.1. The van der Waals surface area contributed by atoms with E-state index in [2.05, 4.69) is 20.9 Å². The van der Waals surface area contributed by atoms with Crippen molar-refractivity contribution in [2.75, 3.05) is 27.2 Å². The first-order valence-corrected chi connectivity index (χ1v) is 16.6. The Morgan fingerprint density at radius 3 is 2.20 bits per heavy atom. The molecular weight excluding hydrogens is 582 g/mol. The van der Waals surface area contributed by atoms with Crippen molar-refractivity contribution in [3.63, 3.8) is 0 Å². The maximum absolute atomic E-state index is 14.1. The molecule has 2 heterocycles. The summed E-state index contributed by atoms with van der Waals surface area (Å²) in [7, 11) is 5.40. The van der Waals surface area contributed by atoms with Crippen molar-refractivity contribution in [2.24, 2.45) is 29.6 Å². The number of rotatable bonds is 12. The minimum Gasteiger partial charge on any atom is -0.373 e. The molecule has 0 spiro atoms. The number of nitrogens with one attached hydrogen (secondary N) is 3. The van der Waals surface area contributed by atoms with Crippen molar-refractivity contribution in [3.05, 3.63) is 65.5 Å². The molecule has 3 unspecified atom stereocenters. The van der Waals surface area contributed by atoms with Crippen LogP contribution < -0.4 is 26.3 Å². The quantitative estimate of drug-likeness (QED) is 0.121. The number of nitrogens with zero attached hydrogens (tertiary/aromatic N) is 3. The Hall–Kier alpha value is -4.28. The smallest absolute Gasteiger partial charge is 0.243 e. The van der Waals surface area contributed by atoms with E-state index in [-0.39, 0.29) is 24.7 Å². The van der Waals surface area contributed by atoms with Gasteiger partial charge in [0.15, 0.2) is 12.4 Å². The van der Waals surface area contributed by atoms with Crippen LogP contribution in [0.3, 0.4) is 0 Å². The third-order valence-electron chi connectivity index (χ3n) is 9.21. The number of likely N-dealkylation sites (tertiary alicyclic amines) is 1. The molecule has 1 aliphatic heterocycles. The summed E-state index contributed by atoms with van der Waals surface area (Å²) in [4.78, 5) is 60.5. The third-order valence-corrected chi connectivity index (χ3v) is 9.21. The molecule has 0 radical (unpaired) electrons. The average molecular weight is 633 g/mol. The maximum atomic E-state index is 14.1. The van der Waals surface area contributed by atoms with Gasteiger partial charge in [0.2, 0.25) is 23.6 Å². The Morgan fingerprint density at radius 1 is 0.913 bits per heavy atom. The molecule has 1 aromatic carbocycles.